The van der Waals surface area contributed by atoms with Gasteiger partial charge in [-0.2, -0.15) is 0 Å². The molecule has 4 aromatic carbocycles. The molecule has 0 spiro atoms. The predicted octanol–water partition coefficient (Wildman–Crippen LogP) is 4.87. The summed E-state index contributed by atoms with van der Waals surface area (Å²) in [5, 5.41) is 2.15. The number of hydrogen-bond acceptors (Lipinski definition) is 5. The van der Waals surface area contributed by atoms with Crippen LogP contribution in [-0.2, 0) is 21.2 Å². The number of carbonyl (C=O) groups excluding carboxylic acids is 1. The Balaban J connectivity index is 0.00000320. The fourth-order valence-corrected chi connectivity index (χ4v) is 5.41. The van der Waals surface area contributed by atoms with E-state index in [1.807, 2.05) is 56.3 Å². The van der Waals surface area contributed by atoms with Crippen molar-refractivity contribution in [3.63, 3.8) is 0 Å². The summed E-state index contributed by atoms with van der Waals surface area (Å²) in [6, 6.07) is 25.9. The topological polar surface area (TPSA) is 81.7 Å². The zero-order chi connectivity index (χ0) is 25.3. The van der Waals surface area contributed by atoms with Gasteiger partial charge < -0.3 is 9.47 Å². The molecule has 8 heteroatoms. The average Bonchev–Trinajstić information content (AvgIpc) is 3.35. The van der Waals surface area contributed by atoms with E-state index in [2.05, 4.69) is 4.72 Å². The molecule has 1 unspecified atom stereocenters. The quantitative estimate of drug-likeness (QED) is 0.338. The molecule has 4 aromatic rings. The van der Waals surface area contributed by atoms with Crippen molar-refractivity contribution < 1.29 is 22.7 Å². The van der Waals surface area contributed by atoms with Gasteiger partial charge in [0.05, 0.1) is 10.8 Å². The minimum atomic E-state index is -4.05. The average molecular weight is 542 g/mol. The van der Waals surface area contributed by atoms with Gasteiger partial charge in [-0.05, 0) is 64.1 Å². The molecule has 0 aliphatic carbocycles. The summed E-state index contributed by atoms with van der Waals surface area (Å²) in [5.74, 6) is 0.0476. The number of amides is 1. The molecule has 0 bridgehead atoms. The van der Waals surface area contributed by atoms with E-state index in [0.717, 1.165) is 21.9 Å². The molecule has 37 heavy (non-hydrogen) atoms. The molecule has 0 radical (unpaired) electrons. The fourth-order valence-electron chi connectivity index (χ4n) is 4.39. The van der Waals surface area contributed by atoms with Crippen molar-refractivity contribution in [3.05, 3.63) is 102 Å². The molecule has 1 atom stereocenters. The van der Waals surface area contributed by atoms with E-state index in [1.54, 1.807) is 30.3 Å². The van der Waals surface area contributed by atoms with E-state index >= 15 is 0 Å². The molecule has 1 N–H and O–H groups in total. The number of ether oxygens (including phenoxy) is 2. The van der Waals surface area contributed by atoms with Gasteiger partial charge in [0.2, 0.25) is 12.7 Å². The van der Waals surface area contributed by atoms with Gasteiger partial charge in [0.25, 0.3) is 10.0 Å². The molecule has 186 valence electrons. The van der Waals surface area contributed by atoms with Crippen LogP contribution in [0.15, 0.2) is 89.8 Å². The van der Waals surface area contributed by atoms with Crippen LogP contribution >= 0.6 is 0 Å². The van der Waals surface area contributed by atoms with E-state index < -0.39 is 21.8 Å². The van der Waals surface area contributed by atoms with Crippen LogP contribution in [0.2, 0.25) is 0 Å². The van der Waals surface area contributed by atoms with Crippen LogP contribution in [0.25, 0.3) is 10.8 Å². The first kappa shape index (κ1) is 27.8. The summed E-state index contributed by atoms with van der Waals surface area (Å²) in [6.07, 6.45) is 0.318. The van der Waals surface area contributed by atoms with Crippen molar-refractivity contribution in [2.75, 3.05) is 6.79 Å². The van der Waals surface area contributed by atoms with Crippen molar-refractivity contribution in [3.8, 4) is 11.5 Å². The fraction of sp³-hybridized carbons (Fsp3) is 0.207. The molecule has 1 heterocycles. The Hall–Kier alpha value is -2.20. The maximum absolute atomic E-state index is 13.5. The van der Waals surface area contributed by atoms with Crippen LogP contribution in [0, 0.1) is 0 Å². The van der Waals surface area contributed by atoms with Gasteiger partial charge in [-0.25, -0.2) is 13.1 Å². The summed E-state index contributed by atoms with van der Waals surface area (Å²) in [6.45, 7) is 4.18. The minimum absolute atomic E-state index is 0. The van der Waals surface area contributed by atoms with Gasteiger partial charge >= 0.3 is 51.4 Å². The summed E-state index contributed by atoms with van der Waals surface area (Å²) < 4.78 is 39.4. The van der Waals surface area contributed by atoms with Crippen LogP contribution in [0.3, 0.4) is 0 Å². The van der Waals surface area contributed by atoms with E-state index in [-0.39, 0.29) is 69.0 Å². The molecule has 0 saturated carbocycles. The molecule has 1 aliphatic heterocycles. The zero-order valence-corrected chi connectivity index (χ0v) is 20.9. The summed E-state index contributed by atoms with van der Waals surface area (Å²) >= 11 is 0. The third kappa shape index (κ3) is 6.27. The first-order chi connectivity index (χ1) is 17.3. The third-order valence-electron chi connectivity index (χ3n) is 6.46. The summed E-state index contributed by atoms with van der Waals surface area (Å²) in [4.78, 5) is 13.6. The summed E-state index contributed by atoms with van der Waals surface area (Å²) in [5.41, 5.74) is 2.59. The van der Waals surface area contributed by atoms with Gasteiger partial charge in [0.15, 0.2) is 11.5 Å². The van der Waals surface area contributed by atoms with Crippen LogP contribution in [0.5, 0.6) is 11.5 Å². The van der Waals surface area contributed by atoms with Crippen molar-refractivity contribution in [1.82, 2.24) is 4.72 Å². The number of benzene rings is 4. The van der Waals surface area contributed by atoms with E-state index in [4.69, 9.17) is 9.47 Å². The second-order valence-corrected chi connectivity index (χ2v) is 10.9. The van der Waals surface area contributed by atoms with Crippen LogP contribution in [0.1, 0.15) is 42.4 Å². The third-order valence-corrected chi connectivity index (χ3v) is 7.82. The first-order valence-corrected chi connectivity index (χ1v) is 13.3. The second-order valence-electron chi connectivity index (χ2n) is 9.24. The number of sulfonamides is 1. The molecular formula is C29H28KNO5S. The Morgan fingerprint density at radius 2 is 1.51 bits per heavy atom. The van der Waals surface area contributed by atoms with Crippen molar-refractivity contribution in [1.29, 1.82) is 0 Å². The Bertz CT molecular complexity index is 1530. The van der Waals surface area contributed by atoms with Crippen LogP contribution in [0.4, 0.5) is 0 Å². The molecule has 0 fully saturated rings. The van der Waals surface area contributed by atoms with Gasteiger partial charge in [-0.3, -0.25) is 4.79 Å². The molecular weight excluding hydrogens is 513 g/mol. The van der Waals surface area contributed by atoms with Crippen molar-refractivity contribution in [2.24, 2.45) is 0 Å². The second kappa shape index (κ2) is 11.7. The van der Waals surface area contributed by atoms with Gasteiger partial charge in [-0.1, -0.05) is 74.5 Å². The number of carbonyl (C=O) groups is 1. The van der Waals surface area contributed by atoms with Gasteiger partial charge in [0.1, 0.15) is 0 Å². The van der Waals surface area contributed by atoms with Crippen molar-refractivity contribution in [2.45, 2.75) is 37.0 Å². The number of fused-ring (bicyclic) bond motifs is 2. The van der Waals surface area contributed by atoms with Gasteiger partial charge in [0, 0.05) is 0 Å². The Morgan fingerprint density at radius 3 is 2.24 bits per heavy atom. The zero-order valence-electron chi connectivity index (χ0n) is 20.1. The predicted molar refractivity (Wildman–Crippen MR) is 146 cm³/mol. The standard InChI is InChI=1S/C29H27NO5S.K.H/c1-19(2)21-9-12-25(13-10-21)36(32,33)30-29(31)26(24-11-14-27-28(17-24)35-18-34-27)16-20-7-8-22-5-3-4-6-23(22)15-20;;/h3-15,17,19,26H,16,18H2,1-2H3,(H,30,31);;. The Labute approximate surface area is 259 Å². The maximum atomic E-state index is 13.5. The van der Waals surface area contributed by atoms with Crippen LogP contribution < -0.4 is 14.2 Å². The number of hydrogen-bond donors (Lipinski definition) is 1. The van der Waals surface area contributed by atoms with E-state index in [9.17, 15) is 13.2 Å². The van der Waals surface area contributed by atoms with Gasteiger partial charge in [-0.15, -0.1) is 0 Å². The first-order valence-electron chi connectivity index (χ1n) is 11.8. The molecule has 5 rings (SSSR count). The van der Waals surface area contributed by atoms with E-state index in [1.165, 1.54) is 12.1 Å². The number of rotatable bonds is 7. The Kier molecular flexibility index (Phi) is 8.78. The number of nitrogens with one attached hydrogen (secondary N) is 1. The molecule has 1 amide bonds. The normalized spacial score (nSPS) is 13.3. The van der Waals surface area contributed by atoms with Crippen molar-refractivity contribution >= 4 is 78.1 Å². The SMILES string of the molecule is CC(C)c1ccc(S(=O)(=O)NC(=O)C(Cc2ccc3ccccc3c2)c2ccc3c(c2)OCO3)cc1.[KH]. The molecule has 0 aromatic heterocycles. The summed E-state index contributed by atoms with van der Waals surface area (Å²) in [7, 11) is -4.05. The monoisotopic (exact) mass is 541 g/mol. The molecule has 0 saturated heterocycles. The van der Waals surface area contributed by atoms with Crippen LogP contribution in [-0.4, -0.2) is 72.5 Å². The molecule has 6 nitrogen and oxygen atoms in total. The molecule has 1 aliphatic rings. The van der Waals surface area contributed by atoms with E-state index in [0.29, 0.717) is 23.5 Å². The Morgan fingerprint density at radius 1 is 0.838 bits per heavy atom.